The van der Waals surface area contributed by atoms with Gasteiger partial charge in [-0.3, -0.25) is 18.7 Å². The second-order valence-electron chi connectivity index (χ2n) is 6.15. The Morgan fingerprint density at radius 1 is 1.19 bits per heavy atom. The van der Waals surface area contributed by atoms with Crippen molar-refractivity contribution in [3.05, 3.63) is 51.4 Å². The van der Waals surface area contributed by atoms with Crippen LogP contribution in [-0.2, 0) is 18.9 Å². The first-order valence-electron chi connectivity index (χ1n) is 8.51. The molecule has 0 bridgehead atoms. The Morgan fingerprint density at radius 2 is 1.85 bits per heavy atom. The van der Waals surface area contributed by atoms with Crippen molar-refractivity contribution in [1.82, 2.24) is 18.7 Å². The third-order valence-corrected chi connectivity index (χ3v) is 4.40. The topological polar surface area (TPSA) is 100 Å². The highest BCUT2D eigenvalue weighted by molar-refractivity contribution is 5.94. The Balaban J connectivity index is 1.91. The van der Waals surface area contributed by atoms with E-state index in [1.807, 2.05) is 6.92 Å². The summed E-state index contributed by atoms with van der Waals surface area (Å²) in [4.78, 5) is 41.3. The van der Waals surface area contributed by atoms with Crippen molar-refractivity contribution in [2.24, 2.45) is 14.1 Å². The Kier molecular flexibility index (Phi) is 4.85. The molecule has 9 nitrogen and oxygen atoms in total. The van der Waals surface area contributed by atoms with E-state index in [1.54, 1.807) is 31.2 Å². The lowest BCUT2D eigenvalue weighted by atomic mass is 10.2. The molecule has 0 aliphatic heterocycles. The number of imidazole rings is 1. The number of amides is 1. The highest BCUT2D eigenvalue weighted by Crippen LogP contribution is 2.18. The number of hydrogen-bond donors (Lipinski definition) is 1. The van der Waals surface area contributed by atoms with Crippen molar-refractivity contribution >= 4 is 22.8 Å². The van der Waals surface area contributed by atoms with Gasteiger partial charge in [-0.1, -0.05) is 0 Å². The van der Waals surface area contributed by atoms with E-state index in [4.69, 9.17) is 4.74 Å². The molecule has 3 rings (SSSR count). The molecule has 27 heavy (non-hydrogen) atoms. The van der Waals surface area contributed by atoms with Gasteiger partial charge in [0.05, 0.1) is 12.9 Å². The molecule has 0 saturated carbocycles. The fourth-order valence-corrected chi connectivity index (χ4v) is 2.83. The van der Waals surface area contributed by atoms with Crippen LogP contribution >= 0.6 is 0 Å². The van der Waals surface area contributed by atoms with Crippen molar-refractivity contribution in [3.63, 3.8) is 0 Å². The van der Waals surface area contributed by atoms with E-state index in [9.17, 15) is 14.4 Å². The van der Waals surface area contributed by atoms with Crippen LogP contribution in [0.15, 0.2) is 40.2 Å². The molecule has 1 aromatic carbocycles. The molecule has 0 fully saturated rings. The number of carbonyl (C=O) groups excluding carboxylic acids is 1. The first kappa shape index (κ1) is 18.4. The Morgan fingerprint density at radius 3 is 2.48 bits per heavy atom. The smallest absolute Gasteiger partial charge is 0.332 e. The Bertz CT molecular complexity index is 1110. The van der Waals surface area contributed by atoms with E-state index >= 15 is 0 Å². The van der Waals surface area contributed by atoms with Crippen molar-refractivity contribution in [2.45, 2.75) is 19.9 Å². The van der Waals surface area contributed by atoms with Gasteiger partial charge in [0.25, 0.3) is 5.56 Å². The molecular weight excluding hydrogens is 350 g/mol. The van der Waals surface area contributed by atoms with Gasteiger partial charge in [-0.25, -0.2) is 9.78 Å². The van der Waals surface area contributed by atoms with Gasteiger partial charge in [-0.15, -0.1) is 0 Å². The minimum absolute atomic E-state index is 0.203. The van der Waals surface area contributed by atoms with Crippen LogP contribution in [0.4, 0.5) is 5.69 Å². The van der Waals surface area contributed by atoms with Gasteiger partial charge in [0, 0.05) is 19.8 Å². The first-order chi connectivity index (χ1) is 12.8. The van der Waals surface area contributed by atoms with E-state index in [1.165, 1.54) is 29.6 Å². The molecule has 1 unspecified atom stereocenters. The predicted octanol–water partition coefficient (Wildman–Crippen LogP) is 1.03. The monoisotopic (exact) mass is 371 g/mol. The number of benzene rings is 1. The van der Waals surface area contributed by atoms with Crippen LogP contribution in [0.25, 0.3) is 11.2 Å². The fraction of sp³-hybridized carbons (Fsp3) is 0.333. The summed E-state index contributed by atoms with van der Waals surface area (Å²) >= 11 is 0. The molecule has 0 radical (unpaired) electrons. The molecule has 0 aliphatic rings. The maximum Gasteiger partial charge on any atom is 0.332 e. The minimum Gasteiger partial charge on any atom is -0.494 e. The van der Waals surface area contributed by atoms with Gasteiger partial charge in [0.1, 0.15) is 11.8 Å². The minimum atomic E-state index is -0.702. The summed E-state index contributed by atoms with van der Waals surface area (Å²) < 4.78 is 9.13. The van der Waals surface area contributed by atoms with Crippen LogP contribution in [0.3, 0.4) is 0 Å². The lowest BCUT2D eigenvalue weighted by molar-refractivity contribution is -0.118. The van der Waals surface area contributed by atoms with Crippen LogP contribution in [0, 0.1) is 0 Å². The molecule has 3 aromatic rings. The summed E-state index contributed by atoms with van der Waals surface area (Å²) in [6, 6.07) is 6.31. The zero-order valence-corrected chi connectivity index (χ0v) is 15.6. The summed E-state index contributed by atoms with van der Waals surface area (Å²) in [6.45, 7) is 4.12. The molecule has 1 amide bonds. The Hall–Kier alpha value is -3.36. The molecule has 2 aromatic heterocycles. The Labute approximate surface area is 154 Å². The molecule has 9 heteroatoms. The number of ether oxygens (including phenoxy) is 1. The number of aromatic nitrogens is 4. The first-order valence-corrected chi connectivity index (χ1v) is 8.51. The van der Waals surface area contributed by atoms with Gasteiger partial charge in [0.15, 0.2) is 11.2 Å². The molecule has 0 spiro atoms. The van der Waals surface area contributed by atoms with E-state index in [0.717, 1.165) is 4.57 Å². The number of fused-ring (bicyclic) bond motifs is 1. The average Bonchev–Trinajstić information content (AvgIpc) is 3.11. The largest absolute Gasteiger partial charge is 0.494 e. The lowest BCUT2D eigenvalue weighted by Crippen LogP contribution is -2.38. The summed E-state index contributed by atoms with van der Waals surface area (Å²) in [5.74, 6) is 0.405. The standard InChI is InChI=1S/C18H21N5O4/c1-5-27-13-8-6-12(7-9-13)20-16(24)11(2)23-10-19-15-14(23)17(25)22(4)18(26)21(15)3/h6-11H,5H2,1-4H3,(H,20,24). The molecule has 1 N–H and O–H groups in total. The third-order valence-electron chi connectivity index (χ3n) is 4.40. The van der Waals surface area contributed by atoms with Gasteiger partial charge in [0.2, 0.25) is 5.91 Å². The third kappa shape index (κ3) is 3.23. The van der Waals surface area contributed by atoms with Crippen molar-refractivity contribution in [2.75, 3.05) is 11.9 Å². The number of nitrogens with one attached hydrogen (secondary N) is 1. The fourth-order valence-electron chi connectivity index (χ4n) is 2.83. The molecule has 142 valence electrons. The van der Waals surface area contributed by atoms with Crippen LogP contribution in [0.2, 0.25) is 0 Å². The second-order valence-corrected chi connectivity index (χ2v) is 6.15. The maximum atomic E-state index is 12.6. The highest BCUT2D eigenvalue weighted by atomic mass is 16.5. The molecule has 2 heterocycles. The number of carbonyl (C=O) groups is 1. The summed E-state index contributed by atoms with van der Waals surface area (Å²) in [5, 5.41) is 2.80. The zero-order valence-electron chi connectivity index (χ0n) is 15.6. The average molecular weight is 371 g/mol. The van der Waals surface area contributed by atoms with Gasteiger partial charge in [-0.2, -0.15) is 0 Å². The van der Waals surface area contributed by atoms with E-state index < -0.39 is 17.3 Å². The van der Waals surface area contributed by atoms with Crippen LogP contribution < -0.4 is 21.3 Å². The normalized spacial score (nSPS) is 12.1. The van der Waals surface area contributed by atoms with E-state index in [2.05, 4.69) is 10.3 Å². The van der Waals surface area contributed by atoms with E-state index in [0.29, 0.717) is 18.0 Å². The number of rotatable bonds is 5. The van der Waals surface area contributed by atoms with Crippen molar-refractivity contribution < 1.29 is 9.53 Å². The lowest BCUT2D eigenvalue weighted by Gasteiger charge is -2.15. The summed E-state index contributed by atoms with van der Waals surface area (Å²) in [5.41, 5.74) is 0.0911. The van der Waals surface area contributed by atoms with E-state index in [-0.39, 0.29) is 17.1 Å². The second kappa shape index (κ2) is 7.10. The van der Waals surface area contributed by atoms with Gasteiger partial charge in [-0.05, 0) is 38.1 Å². The van der Waals surface area contributed by atoms with Crippen LogP contribution in [-0.4, -0.2) is 31.2 Å². The predicted molar refractivity (Wildman–Crippen MR) is 101 cm³/mol. The molecule has 0 aliphatic carbocycles. The maximum absolute atomic E-state index is 12.6. The zero-order chi connectivity index (χ0) is 19.7. The van der Waals surface area contributed by atoms with Gasteiger partial charge >= 0.3 is 5.69 Å². The van der Waals surface area contributed by atoms with Crippen LogP contribution in [0.5, 0.6) is 5.75 Å². The molecule has 0 saturated heterocycles. The highest BCUT2D eigenvalue weighted by Gasteiger charge is 2.21. The summed E-state index contributed by atoms with van der Waals surface area (Å²) in [6.07, 6.45) is 1.40. The van der Waals surface area contributed by atoms with Crippen LogP contribution in [0.1, 0.15) is 19.9 Å². The van der Waals surface area contributed by atoms with Gasteiger partial charge < -0.3 is 14.6 Å². The van der Waals surface area contributed by atoms with Crippen molar-refractivity contribution in [1.29, 1.82) is 0 Å². The SMILES string of the molecule is CCOc1ccc(NC(=O)C(C)n2cnc3c2c(=O)n(C)c(=O)n3C)cc1. The quantitative estimate of drug-likeness (QED) is 0.722. The number of aryl methyl sites for hydroxylation is 1. The number of nitrogens with zero attached hydrogens (tertiary/aromatic N) is 4. The van der Waals surface area contributed by atoms with Crippen molar-refractivity contribution in [3.8, 4) is 5.75 Å². The number of hydrogen-bond acceptors (Lipinski definition) is 5. The number of anilines is 1. The molecular formula is C18H21N5O4. The molecule has 1 atom stereocenters. The summed E-state index contributed by atoms with van der Waals surface area (Å²) in [7, 11) is 2.93.